The van der Waals surface area contributed by atoms with Crippen molar-refractivity contribution >= 4 is 5.91 Å². The minimum Gasteiger partial charge on any atom is -0.497 e. The van der Waals surface area contributed by atoms with Gasteiger partial charge in [0.25, 0.3) is 5.91 Å². The van der Waals surface area contributed by atoms with E-state index in [1.165, 1.54) is 7.11 Å². The summed E-state index contributed by atoms with van der Waals surface area (Å²) in [6.45, 7) is 0. The minimum atomic E-state index is -0.326. The van der Waals surface area contributed by atoms with Crippen molar-refractivity contribution in [1.82, 2.24) is 5.32 Å². The predicted molar refractivity (Wildman–Crippen MR) is 88.4 cm³/mol. The lowest BCUT2D eigenvalue weighted by Crippen LogP contribution is -2.19. The molecule has 1 aliphatic heterocycles. The normalized spacial score (nSPS) is 15.5. The lowest BCUT2D eigenvalue weighted by atomic mass is 9.96. The van der Waals surface area contributed by atoms with Gasteiger partial charge in [0.05, 0.1) is 40.0 Å². The average Bonchev–Trinajstić information content (AvgIpc) is 2.96. The Morgan fingerprint density at radius 2 is 1.54 bits per heavy atom. The molecule has 2 aromatic carbocycles. The molecule has 1 aliphatic rings. The van der Waals surface area contributed by atoms with Gasteiger partial charge in [0.15, 0.2) is 11.5 Å². The molecule has 0 fully saturated rings. The third-order valence-corrected chi connectivity index (χ3v) is 4.13. The fourth-order valence-electron chi connectivity index (χ4n) is 2.98. The molecule has 0 aliphatic carbocycles. The Bertz CT molecular complexity index is 770. The Hall–Kier alpha value is -2.89. The van der Waals surface area contributed by atoms with Gasteiger partial charge in [-0.05, 0) is 23.8 Å². The maximum absolute atomic E-state index is 12.4. The molecule has 24 heavy (non-hydrogen) atoms. The van der Waals surface area contributed by atoms with E-state index < -0.39 is 0 Å². The van der Waals surface area contributed by atoms with Crippen LogP contribution in [0.4, 0.5) is 0 Å². The first kappa shape index (κ1) is 16.0. The molecular weight excluding hydrogens is 310 g/mol. The zero-order chi connectivity index (χ0) is 17.3. The molecule has 0 saturated carbocycles. The molecule has 0 aromatic heterocycles. The highest BCUT2D eigenvalue weighted by Gasteiger charge is 2.36. The zero-order valence-corrected chi connectivity index (χ0v) is 14.0. The molecular formula is C18H19NO5. The number of hydrogen-bond acceptors (Lipinski definition) is 5. The molecule has 1 amide bonds. The lowest BCUT2D eigenvalue weighted by Gasteiger charge is -2.19. The summed E-state index contributed by atoms with van der Waals surface area (Å²) < 4.78 is 21.5. The van der Waals surface area contributed by atoms with Crippen LogP contribution in [-0.4, -0.2) is 34.3 Å². The Morgan fingerprint density at radius 3 is 2.08 bits per heavy atom. The monoisotopic (exact) mass is 329 g/mol. The smallest absolute Gasteiger partial charge is 0.252 e. The Morgan fingerprint density at radius 1 is 0.875 bits per heavy atom. The van der Waals surface area contributed by atoms with Gasteiger partial charge in [0.2, 0.25) is 5.75 Å². The standard InChI is InChI=1S/C18H19NO5/c1-21-11-7-5-10(6-8-11)15-14-12(18(20)19-15)9-13(22-2)16(23-3)17(14)24-4/h5-9,15H,1-4H3,(H,19,20)/t15-/m1/s1. The van der Waals surface area contributed by atoms with Crippen molar-refractivity contribution < 1.29 is 23.7 Å². The van der Waals surface area contributed by atoms with Crippen LogP contribution in [0.25, 0.3) is 0 Å². The van der Waals surface area contributed by atoms with E-state index in [9.17, 15) is 4.79 Å². The molecule has 0 spiro atoms. The largest absolute Gasteiger partial charge is 0.497 e. The molecule has 1 N–H and O–H groups in total. The summed E-state index contributed by atoms with van der Waals surface area (Å²) >= 11 is 0. The molecule has 6 nitrogen and oxygen atoms in total. The summed E-state index contributed by atoms with van der Waals surface area (Å²) in [5.41, 5.74) is 2.18. The molecule has 6 heteroatoms. The van der Waals surface area contributed by atoms with Crippen molar-refractivity contribution in [1.29, 1.82) is 0 Å². The first-order chi connectivity index (χ1) is 11.6. The molecule has 3 rings (SSSR count). The molecule has 1 atom stereocenters. The third kappa shape index (κ3) is 2.40. The number of methoxy groups -OCH3 is 4. The molecule has 126 valence electrons. The maximum atomic E-state index is 12.4. The van der Waals surface area contributed by atoms with Crippen molar-refractivity contribution in [2.75, 3.05) is 28.4 Å². The number of fused-ring (bicyclic) bond motifs is 1. The zero-order valence-electron chi connectivity index (χ0n) is 14.0. The fourth-order valence-corrected chi connectivity index (χ4v) is 2.98. The quantitative estimate of drug-likeness (QED) is 0.913. The van der Waals surface area contributed by atoms with Gasteiger partial charge in [-0.2, -0.15) is 0 Å². The average molecular weight is 329 g/mol. The number of carbonyl (C=O) groups excluding carboxylic acids is 1. The van der Waals surface area contributed by atoms with Crippen molar-refractivity contribution in [3.8, 4) is 23.0 Å². The molecule has 0 bridgehead atoms. The van der Waals surface area contributed by atoms with Crippen LogP contribution in [0.1, 0.15) is 27.5 Å². The van der Waals surface area contributed by atoms with Crippen LogP contribution in [-0.2, 0) is 0 Å². The summed E-state index contributed by atoms with van der Waals surface area (Å²) in [6, 6.07) is 8.88. The van der Waals surface area contributed by atoms with Gasteiger partial charge in [-0.15, -0.1) is 0 Å². The number of carbonyl (C=O) groups is 1. The maximum Gasteiger partial charge on any atom is 0.252 e. The number of nitrogens with one attached hydrogen (secondary N) is 1. The van der Waals surface area contributed by atoms with E-state index in [4.69, 9.17) is 18.9 Å². The highest BCUT2D eigenvalue weighted by Crippen LogP contribution is 2.48. The van der Waals surface area contributed by atoms with E-state index in [0.717, 1.165) is 16.9 Å². The van der Waals surface area contributed by atoms with Crippen LogP contribution in [0.15, 0.2) is 30.3 Å². The van der Waals surface area contributed by atoms with Crippen molar-refractivity contribution in [3.05, 3.63) is 47.0 Å². The predicted octanol–water partition coefficient (Wildman–Crippen LogP) is 2.55. The third-order valence-electron chi connectivity index (χ3n) is 4.13. The highest BCUT2D eigenvalue weighted by atomic mass is 16.5. The van der Waals surface area contributed by atoms with Gasteiger partial charge in [-0.25, -0.2) is 0 Å². The van der Waals surface area contributed by atoms with Crippen LogP contribution in [0, 0.1) is 0 Å². The van der Waals surface area contributed by atoms with Crippen molar-refractivity contribution in [2.24, 2.45) is 0 Å². The topological polar surface area (TPSA) is 66.0 Å². The van der Waals surface area contributed by atoms with Crippen LogP contribution in [0.2, 0.25) is 0 Å². The van der Waals surface area contributed by atoms with Crippen molar-refractivity contribution in [3.63, 3.8) is 0 Å². The molecule has 0 saturated heterocycles. The van der Waals surface area contributed by atoms with E-state index in [2.05, 4.69) is 5.32 Å². The number of ether oxygens (including phenoxy) is 4. The van der Waals surface area contributed by atoms with Gasteiger partial charge in [0, 0.05) is 5.56 Å². The van der Waals surface area contributed by atoms with Gasteiger partial charge in [-0.1, -0.05) is 12.1 Å². The first-order valence-corrected chi connectivity index (χ1v) is 7.42. The SMILES string of the molecule is COc1ccc([C@H]2NC(=O)c3cc(OC)c(OC)c(OC)c32)cc1. The van der Waals surface area contributed by atoms with Gasteiger partial charge in [-0.3, -0.25) is 4.79 Å². The Balaban J connectivity index is 2.17. The number of benzene rings is 2. The lowest BCUT2D eigenvalue weighted by molar-refractivity contribution is 0.0960. The number of hydrogen-bond donors (Lipinski definition) is 1. The molecule has 1 heterocycles. The van der Waals surface area contributed by atoms with Crippen LogP contribution < -0.4 is 24.3 Å². The van der Waals surface area contributed by atoms with E-state index in [-0.39, 0.29) is 11.9 Å². The van der Waals surface area contributed by atoms with Gasteiger partial charge in [0.1, 0.15) is 5.75 Å². The summed E-state index contributed by atoms with van der Waals surface area (Å²) in [4.78, 5) is 12.4. The van der Waals surface area contributed by atoms with Crippen molar-refractivity contribution in [2.45, 2.75) is 6.04 Å². The van der Waals surface area contributed by atoms with Gasteiger partial charge < -0.3 is 24.3 Å². The van der Waals surface area contributed by atoms with Crippen LogP contribution in [0.5, 0.6) is 23.0 Å². The molecule has 0 unspecified atom stereocenters. The second kappa shape index (κ2) is 6.31. The molecule has 0 radical (unpaired) electrons. The Labute approximate surface area is 140 Å². The molecule has 2 aromatic rings. The van der Waals surface area contributed by atoms with Crippen LogP contribution in [0.3, 0.4) is 0 Å². The summed E-state index contributed by atoms with van der Waals surface area (Å²) in [5, 5.41) is 2.98. The first-order valence-electron chi connectivity index (χ1n) is 7.42. The van der Waals surface area contributed by atoms with Gasteiger partial charge >= 0.3 is 0 Å². The van der Waals surface area contributed by atoms with E-state index in [1.807, 2.05) is 24.3 Å². The van der Waals surface area contributed by atoms with Crippen LogP contribution >= 0.6 is 0 Å². The number of rotatable bonds is 5. The summed E-state index contributed by atoms with van der Waals surface area (Å²) in [6.07, 6.45) is 0. The Kier molecular flexibility index (Phi) is 4.20. The fraction of sp³-hybridized carbons (Fsp3) is 0.278. The number of amides is 1. The van der Waals surface area contributed by atoms with E-state index in [0.29, 0.717) is 22.8 Å². The summed E-state index contributed by atoms with van der Waals surface area (Å²) in [7, 11) is 6.23. The summed E-state index contributed by atoms with van der Waals surface area (Å²) in [5.74, 6) is 1.99. The second-order valence-electron chi connectivity index (χ2n) is 5.29. The minimum absolute atomic E-state index is 0.176. The van der Waals surface area contributed by atoms with E-state index in [1.54, 1.807) is 27.4 Å². The second-order valence-corrected chi connectivity index (χ2v) is 5.29. The van der Waals surface area contributed by atoms with E-state index >= 15 is 0 Å². The highest BCUT2D eigenvalue weighted by molar-refractivity contribution is 6.01.